The average Bonchev–Trinajstić information content (AvgIpc) is 2.78. The third kappa shape index (κ3) is 4.72. The zero-order chi connectivity index (χ0) is 17.2. The van der Waals surface area contributed by atoms with E-state index in [-0.39, 0.29) is 6.42 Å². The number of aromatic amines is 1. The van der Waals surface area contributed by atoms with Crippen molar-refractivity contribution < 1.29 is 19.4 Å². The molecule has 6 nitrogen and oxygen atoms in total. The number of carbonyl (C=O) groups is 2. The number of alkyl carbamates (subject to hydrolysis) is 1. The number of nitrogens with one attached hydrogen (secondary N) is 2. The first-order chi connectivity index (χ1) is 10.7. The normalized spacial score (nSPS) is 12.9. The fourth-order valence-electron chi connectivity index (χ4n) is 2.20. The maximum atomic E-state index is 11.8. The minimum atomic E-state index is -1.11. The highest BCUT2D eigenvalue weighted by Crippen LogP contribution is 2.23. The zero-order valence-electron chi connectivity index (χ0n) is 13.1. The molecule has 124 valence electrons. The molecule has 0 radical (unpaired) electrons. The number of rotatable bonds is 4. The molecule has 7 heteroatoms. The van der Waals surface area contributed by atoms with Gasteiger partial charge in [0.2, 0.25) is 0 Å². The fraction of sp³-hybridized carbons (Fsp3) is 0.375. The van der Waals surface area contributed by atoms with Gasteiger partial charge in [0.25, 0.3) is 0 Å². The lowest BCUT2D eigenvalue weighted by Gasteiger charge is -2.22. The number of aromatic nitrogens is 1. The summed E-state index contributed by atoms with van der Waals surface area (Å²) in [7, 11) is 0. The van der Waals surface area contributed by atoms with Crippen molar-refractivity contribution in [2.24, 2.45) is 0 Å². The van der Waals surface area contributed by atoms with Gasteiger partial charge in [0.05, 0.1) is 0 Å². The topological polar surface area (TPSA) is 91.4 Å². The molecule has 3 N–H and O–H groups in total. The largest absolute Gasteiger partial charge is 0.480 e. The van der Waals surface area contributed by atoms with E-state index in [1.54, 1.807) is 27.0 Å². The van der Waals surface area contributed by atoms with Crippen molar-refractivity contribution in [2.45, 2.75) is 38.8 Å². The van der Waals surface area contributed by atoms with Gasteiger partial charge >= 0.3 is 12.1 Å². The molecule has 0 saturated heterocycles. The lowest BCUT2D eigenvalue weighted by molar-refractivity contribution is -0.139. The Morgan fingerprint density at radius 3 is 2.70 bits per heavy atom. The molecule has 1 amide bonds. The Balaban J connectivity index is 2.15. The van der Waals surface area contributed by atoms with Gasteiger partial charge in [-0.3, -0.25) is 0 Å². The highest BCUT2D eigenvalue weighted by Gasteiger charge is 2.25. The maximum absolute atomic E-state index is 11.8. The molecule has 1 atom stereocenters. The van der Waals surface area contributed by atoms with Gasteiger partial charge in [0.15, 0.2) is 0 Å². The molecule has 0 bridgehead atoms. The number of carboxylic acid groups (broad SMARTS) is 1. The standard InChI is InChI=1S/C16H19BrN2O4/c1-16(2,3)23-15(22)19-13(14(20)21)6-9-8-18-12-7-10(17)4-5-11(9)12/h4-5,7-8,13,18H,6H2,1-3H3,(H,19,22)(H,20,21). The summed E-state index contributed by atoms with van der Waals surface area (Å²) in [5.74, 6) is -1.11. The third-order valence-electron chi connectivity index (χ3n) is 3.14. The van der Waals surface area contributed by atoms with Crippen LogP contribution in [0.1, 0.15) is 26.3 Å². The quantitative estimate of drug-likeness (QED) is 0.754. The number of hydrogen-bond acceptors (Lipinski definition) is 3. The Morgan fingerprint density at radius 1 is 1.39 bits per heavy atom. The van der Waals surface area contributed by atoms with Crippen LogP contribution in [-0.4, -0.2) is 33.8 Å². The zero-order valence-corrected chi connectivity index (χ0v) is 14.7. The van der Waals surface area contributed by atoms with Crippen LogP contribution in [0.3, 0.4) is 0 Å². The van der Waals surface area contributed by atoms with Gasteiger partial charge in [-0.25, -0.2) is 9.59 Å². The minimum absolute atomic E-state index is 0.163. The van der Waals surface area contributed by atoms with E-state index in [1.807, 2.05) is 18.2 Å². The third-order valence-corrected chi connectivity index (χ3v) is 3.64. The van der Waals surface area contributed by atoms with Gasteiger partial charge in [0, 0.05) is 28.0 Å². The van der Waals surface area contributed by atoms with Crippen molar-refractivity contribution in [3.05, 3.63) is 34.4 Å². The van der Waals surface area contributed by atoms with Crippen LogP contribution < -0.4 is 5.32 Å². The van der Waals surface area contributed by atoms with Crippen molar-refractivity contribution >= 4 is 38.9 Å². The van der Waals surface area contributed by atoms with Gasteiger partial charge in [-0.1, -0.05) is 22.0 Å². The summed E-state index contributed by atoms with van der Waals surface area (Å²) in [6, 6.07) is 4.64. The number of amides is 1. The monoisotopic (exact) mass is 382 g/mol. The van der Waals surface area contributed by atoms with Crippen LogP contribution in [0.5, 0.6) is 0 Å². The summed E-state index contributed by atoms with van der Waals surface area (Å²) in [5.41, 5.74) is 1.03. The van der Waals surface area contributed by atoms with E-state index in [2.05, 4.69) is 26.2 Å². The van der Waals surface area contributed by atoms with Crippen LogP contribution in [0.4, 0.5) is 4.79 Å². The predicted molar refractivity (Wildman–Crippen MR) is 90.5 cm³/mol. The summed E-state index contributed by atoms with van der Waals surface area (Å²) < 4.78 is 6.04. The second-order valence-corrected chi connectivity index (χ2v) is 7.16. The Hall–Kier alpha value is -2.02. The molecular weight excluding hydrogens is 364 g/mol. The van der Waals surface area contributed by atoms with Gasteiger partial charge < -0.3 is 20.1 Å². The van der Waals surface area contributed by atoms with Crippen molar-refractivity contribution in [3.63, 3.8) is 0 Å². The van der Waals surface area contributed by atoms with Crippen molar-refractivity contribution in [1.82, 2.24) is 10.3 Å². The maximum Gasteiger partial charge on any atom is 0.408 e. The van der Waals surface area contributed by atoms with E-state index in [4.69, 9.17) is 4.74 Å². The number of hydrogen-bond donors (Lipinski definition) is 3. The molecule has 0 spiro atoms. The number of aliphatic carboxylic acids is 1. The number of benzene rings is 1. The van der Waals surface area contributed by atoms with E-state index in [0.717, 1.165) is 20.9 Å². The summed E-state index contributed by atoms with van der Waals surface area (Å²) in [6.45, 7) is 5.17. The van der Waals surface area contributed by atoms with Gasteiger partial charge in [-0.05, 0) is 38.5 Å². The molecular formula is C16H19BrN2O4. The summed E-state index contributed by atoms with van der Waals surface area (Å²) in [6.07, 6.45) is 1.17. The summed E-state index contributed by atoms with van der Waals surface area (Å²) >= 11 is 3.39. The van der Waals surface area contributed by atoms with Crippen LogP contribution in [-0.2, 0) is 16.0 Å². The Morgan fingerprint density at radius 2 is 2.09 bits per heavy atom. The van der Waals surface area contributed by atoms with E-state index in [1.165, 1.54) is 0 Å². The first-order valence-corrected chi connectivity index (χ1v) is 7.93. The summed E-state index contributed by atoms with van der Waals surface area (Å²) in [4.78, 5) is 26.3. The molecule has 2 rings (SSSR count). The fourth-order valence-corrected chi connectivity index (χ4v) is 2.56. The second-order valence-electron chi connectivity index (χ2n) is 6.24. The van der Waals surface area contributed by atoms with E-state index in [9.17, 15) is 14.7 Å². The minimum Gasteiger partial charge on any atom is -0.480 e. The molecule has 1 aromatic heterocycles. The Labute approximate surface area is 142 Å². The second kappa shape index (κ2) is 6.62. The molecule has 1 heterocycles. The number of carboxylic acids is 1. The van der Waals surface area contributed by atoms with Crippen molar-refractivity contribution in [3.8, 4) is 0 Å². The molecule has 1 aromatic carbocycles. The van der Waals surface area contributed by atoms with Crippen LogP contribution >= 0.6 is 15.9 Å². The smallest absolute Gasteiger partial charge is 0.408 e. The SMILES string of the molecule is CC(C)(C)OC(=O)NC(Cc1c[nH]c2cc(Br)ccc12)C(=O)O. The average molecular weight is 383 g/mol. The molecule has 1 unspecified atom stereocenters. The number of ether oxygens (including phenoxy) is 1. The van der Waals surface area contributed by atoms with Gasteiger partial charge in [-0.2, -0.15) is 0 Å². The highest BCUT2D eigenvalue weighted by atomic mass is 79.9. The van der Waals surface area contributed by atoms with E-state index < -0.39 is 23.7 Å². The van der Waals surface area contributed by atoms with Crippen LogP contribution in [0.2, 0.25) is 0 Å². The lowest BCUT2D eigenvalue weighted by Crippen LogP contribution is -2.44. The molecule has 0 aliphatic carbocycles. The van der Waals surface area contributed by atoms with E-state index in [0.29, 0.717) is 0 Å². The lowest BCUT2D eigenvalue weighted by atomic mass is 10.1. The molecule has 2 aromatic rings. The molecule has 23 heavy (non-hydrogen) atoms. The first-order valence-electron chi connectivity index (χ1n) is 7.13. The molecule has 0 aliphatic rings. The number of H-pyrrole nitrogens is 1. The molecule has 0 saturated carbocycles. The van der Waals surface area contributed by atoms with Crippen LogP contribution in [0, 0.1) is 0 Å². The highest BCUT2D eigenvalue weighted by molar-refractivity contribution is 9.10. The molecule has 0 fully saturated rings. The number of halogens is 1. The van der Waals surface area contributed by atoms with Gasteiger partial charge in [-0.15, -0.1) is 0 Å². The summed E-state index contributed by atoms with van der Waals surface area (Å²) in [5, 5.41) is 12.7. The van der Waals surface area contributed by atoms with E-state index >= 15 is 0 Å². The Kier molecular flexibility index (Phi) is 4.99. The van der Waals surface area contributed by atoms with Crippen LogP contribution in [0.25, 0.3) is 10.9 Å². The number of carbonyl (C=O) groups excluding carboxylic acids is 1. The van der Waals surface area contributed by atoms with Crippen molar-refractivity contribution in [1.29, 1.82) is 0 Å². The molecule has 0 aliphatic heterocycles. The van der Waals surface area contributed by atoms with Crippen LogP contribution in [0.15, 0.2) is 28.9 Å². The number of fused-ring (bicyclic) bond motifs is 1. The Bertz CT molecular complexity index is 733. The van der Waals surface area contributed by atoms with Crippen molar-refractivity contribution in [2.75, 3.05) is 0 Å². The van der Waals surface area contributed by atoms with Gasteiger partial charge in [0.1, 0.15) is 11.6 Å². The first kappa shape index (κ1) is 17.3. The predicted octanol–water partition coefficient (Wildman–Crippen LogP) is 3.45.